The minimum absolute atomic E-state index is 0.134. The summed E-state index contributed by atoms with van der Waals surface area (Å²) in [6.07, 6.45) is 5.16. The van der Waals surface area contributed by atoms with Gasteiger partial charge in [0.1, 0.15) is 5.82 Å². The van der Waals surface area contributed by atoms with E-state index in [9.17, 15) is 9.50 Å². The van der Waals surface area contributed by atoms with E-state index in [4.69, 9.17) is 5.73 Å². The van der Waals surface area contributed by atoms with Crippen LogP contribution >= 0.6 is 0 Å². The van der Waals surface area contributed by atoms with Gasteiger partial charge in [0.15, 0.2) is 0 Å². The van der Waals surface area contributed by atoms with E-state index in [1.54, 1.807) is 6.07 Å². The number of nitrogens with zero attached hydrogens (tertiary/aromatic N) is 1. The van der Waals surface area contributed by atoms with Crippen molar-refractivity contribution in [2.24, 2.45) is 5.73 Å². The SMILES string of the molecule is NC1CCC(O)(c2ccncc2F)CC1. The highest BCUT2D eigenvalue weighted by molar-refractivity contribution is 5.22. The molecule has 1 aromatic rings. The Morgan fingerprint density at radius 1 is 1.47 bits per heavy atom. The molecule has 0 amide bonds. The fourth-order valence-corrected chi connectivity index (χ4v) is 2.14. The quantitative estimate of drug-likeness (QED) is 0.734. The van der Waals surface area contributed by atoms with Crippen LogP contribution in [-0.2, 0) is 5.60 Å². The van der Waals surface area contributed by atoms with Gasteiger partial charge in [-0.05, 0) is 31.7 Å². The lowest BCUT2D eigenvalue weighted by atomic mass is 9.78. The van der Waals surface area contributed by atoms with E-state index in [1.165, 1.54) is 6.20 Å². The van der Waals surface area contributed by atoms with Crippen LogP contribution in [0.3, 0.4) is 0 Å². The first-order chi connectivity index (χ1) is 7.12. The van der Waals surface area contributed by atoms with Gasteiger partial charge in [-0.15, -0.1) is 0 Å². The van der Waals surface area contributed by atoms with Crippen molar-refractivity contribution in [1.29, 1.82) is 0 Å². The van der Waals surface area contributed by atoms with Crippen LogP contribution in [0.1, 0.15) is 31.2 Å². The summed E-state index contributed by atoms with van der Waals surface area (Å²) in [5.74, 6) is -0.435. The van der Waals surface area contributed by atoms with Gasteiger partial charge in [-0.3, -0.25) is 4.98 Å². The minimum atomic E-state index is -1.05. The van der Waals surface area contributed by atoms with Gasteiger partial charge < -0.3 is 10.8 Å². The largest absolute Gasteiger partial charge is 0.385 e. The number of aromatic nitrogens is 1. The van der Waals surface area contributed by atoms with Crippen molar-refractivity contribution in [3.05, 3.63) is 29.8 Å². The molecular formula is C11H15FN2O. The molecule has 0 radical (unpaired) electrons. The summed E-state index contributed by atoms with van der Waals surface area (Å²) in [6.45, 7) is 0. The highest BCUT2D eigenvalue weighted by Crippen LogP contribution is 2.37. The maximum absolute atomic E-state index is 13.5. The maximum Gasteiger partial charge on any atom is 0.147 e. The monoisotopic (exact) mass is 210 g/mol. The molecule has 3 N–H and O–H groups in total. The van der Waals surface area contributed by atoms with Crippen LogP contribution in [0.25, 0.3) is 0 Å². The Bertz CT molecular complexity index is 348. The molecule has 82 valence electrons. The Hall–Kier alpha value is -1.00. The number of nitrogens with two attached hydrogens (primary N) is 1. The second-order valence-electron chi connectivity index (χ2n) is 4.22. The molecule has 0 aromatic carbocycles. The third-order valence-corrected chi connectivity index (χ3v) is 3.13. The van der Waals surface area contributed by atoms with Gasteiger partial charge >= 0.3 is 0 Å². The molecule has 3 nitrogen and oxygen atoms in total. The van der Waals surface area contributed by atoms with E-state index in [1.807, 2.05) is 0 Å². The summed E-state index contributed by atoms with van der Waals surface area (Å²) in [6, 6.07) is 1.68. The molecule has 1 aliphatic carbocycles. The summed E-state index contributed by atoms with van der Waals surface area (Å²) < 4.78 is 13.5. The van der Waals surface area contributed by atoms with Crippen LogP contribution in [0.5, 0.6) is 0 Å². The van der Waals surface area contributed by atoms with E-state index < -0.39 is 11.4 Å². The Morgan fingerprint density at radius 3 is 2.73 bits per heavy atom. The van der Waals surface area contributed by atoms with Crippen molar-refractivity contribution in [2.45, 2.75) is 37.3 Å². The summed E-state index contributed by atoms with van der Waals surface area (Å²) in [5, 5.41) is 10.3. The second-order valence-corrected chi connectivity index (χ2v) is 4.22. The summed E-state index contributed by atoms with van der Waals surface area (Å²) >= 11 is 0. The summed E-state index contributed by atoms with van der Waals surface area (Å²) in [5.41, 5.74) is 5.05. The fourth-order valence-electron chi connectivity index (χ4n) is 2.14. The standard InChI is InChI=1S/C11H15FN2O/c12-10-7-14-6-3-9(10)11(15)4-1-8(13)2-5-11/h3,6-8,15H,1-2,4-5,13H2. The van der Waals surface area contributed by atoms with Crippen molar-refractivity contribution in [1.82, 2.24) is 4.98 Å². The molecule has 1 fully saturated rings. The zero-order valence-electron chi connectivity index (χ0n) is 8.49. The summed E-state index contributed by atoms with van der Waals surface area (Å²) in [7, 11) is 0. The number of aliphatic hydroxyl groups is 1. The van der Waals surface area contributed by atoms with E-state index in [0.717, 1.165) is 19.0 Å². The molecule has 2 rings (SSSR count). The number of pyridine rings is 1. The van der Waals surface area contributed by atoms with Crippen LogP contribution in [0.4, 0.5) is 4.39 Å². The molecule has 1 aliphatic rings. The molecule has 0 unspecified atom stereocenters. The Labute approximate surface area is 88.1 Å². The van der Waals surface area contributed by atoms with E-state index in [2.05, 4.69) is 4.98 Å². The third kappa shape index (κ3) is 2.01. The lowest BCUT2D eigenvalue weighted by Gasteiger charge is -2.35. The first kappa shape index (κ1) is 10.5. The molecule has 1 aromatic heterocycles. The highest BCUT2D eigenvalue weighted by atomic mass is 19.1. The lowest BCUT2D eigenvalue weighted by molar-refractivity contribution is -0.00810. The first-order valence-electron chi connectivity index (χ1n) is 5.20. The average Bonchev–Trinajstić information content (AvgIpc) is 2.23. The molecule has 0 atom stereocenters. The molecular weight excluding hydrogens is 195 g/mol. The first-order valence-corrected chi connectivity index (χ1v) is 5.20. The van der Waals surface area contributed by atoms with Gasteiger partial charge in [-0.2, -0.15) is 0 Å². The van der Waals surface area contributed by atoms with Crippen molar-refractivity contribution < 1.29 is 9.50 Å². The Balaban J connectivity index is 2.26. The van der Waals surface area contributed by atoms with Gasteiger partial charge in [-0.1, -0.05) is 0 Å². The maximum atomic E-state index is 13.5. The molecule has 15 heavy (non-hydrogen) atoms. The molecule has 0 saturated heterocycles. The number of rotatable bonds is 1. The van der Waals surface area contributed by atoms with Gasteiger partial charge in [0.2, 0.25) is 0 Å². The molecule has 4 heteroatoms. The van der Waals surface area contributed by atoms with Crippen molar-refractivity contribution >= 4 is 0 Å². The molecule has 0 aliphatic heterocycles. The van der Waals surface area contributed by atoms with E-state index >= 15 is 0 Å². The minimum Gasteiger partial charge on any atom is -0.385 e. The van der Waals surface area contributed by atoms with Crippen molar-refractivity contribution in [2.75, 3.05) is 0 Å². The fraction of sp³-hybridized carbons (Fsp3) is 0.545. The van der Waals surface area contributed by atoms with Crippen LogP contribution in [0, 0.1) is 5.82 Å². The summed E-state index contributed by atoms with van der Waals surface area (Å²) in [4.78, 5) is 3.68. The van der Waals surface area contributed by atoms with Gasteiger partial charge in [0, 0.05) is 17.8 Å². The number of halogens is 1. The predicted octanol–water partition coefficient (Wildman–Crippen LogP) is 1.31. The van der Waals surface area contributed by atoms with Crippen LogP contribution in [0.15, 0.2) is 18.5 Å². The predicted molar refractivity (Wildman–Crippen MR) is 54.5 cm³/mol. The van der Waals surface area contributed by atoms with Crippen LogP contribution in [0.2, 0.25) is 0 Å². The Morgan fingerprint density at radius 2 is 2.13 bits per heavy atom. The average molecular weight is 210 g/mol. The zero-order valence-corrected chi connectivity index (χ0v) is 8.49. The molecule has 0 bridgehead atoms. The third-order valence-electron chi connectivity index (χ3n) is 3.13. The van der Waals surface area contributed by atoms with Crippen LogP contribution < -0.4 is 5.73 Å². The Kier molecular flexibility index (Phi) is 2.71. The van der Waals surface area contributed by atoms with Gasteiger partial charge in [-0.25, -0.2) is 4.39 Å². The molecule has 1 heterocycles. The molecule has 1 saturated carbocycles. The lowest BCUT2D eigenvalue weighted by Crippen LogP contribution is -2.37. The highest BCUT2D eigenvalue weighted by Gasteiger charge is 2.35. The smallest absolute Gasteiger partial charge is 0.147 e. The normalized spacial score (nSPS) is 31.5. The van der Waals surface area contributed by atoms with Crippen LogP contribution in [-0.4, -0.2) is 16.1 Å². The second kappa shape index (κ2) is 3.87. The van der Waals surface area contributed by atoms with Crippen molar-refractivity contribution in [3.63, 3.8) is 0 Å². The molecule has 0 spiro atoms. The van der Waals surface area contributed by atoms with E-state index in [0.29, 0.717) is 18.4 Å². The number of hydrogen-bond acceptors (Lipinski definition) is 3. The zero-order chi connectivity index (χ0) is 10.9. The topological polar surface area (TPSA) is 59.1 Å². The van der Waals surface area contributed by atoms with E-state index in [-0.39, 0.29) is 6.04 Å². The number of hydrogen-bond donors (Lipinski definition) is 2. The van der Waals surface area contributed by atoms with Gasteiger partial charge in [0.05, 0.1) is 11.8 Å². The van der Waals surface area contributed by atoms with Crippen molar-refractivity contribution in [3.8, 4) is 0 Å². The van der Waals surface area contributed by atoms with Gasteiger partial charge in [0.25, 0.3) is 0 Å².